The second-order valence-electron chi connectivity index (χ2n) is 4.62. The number of carbonyl (C=O) groups excluding carboxylic acids is 1. The van der Waals surface area contributed by atoms with Crippen LogP contribution in [-0.2, 0) is 4.79 Å². The molecule has 0 aromatic rings. The fourth-order valence-corrected chi connectivity index (χ4v) is 1.86. The fraction of sp³-hybridized carbons (Fsp3) is 0.917. The molecule has 2 atom stereocenters. The average Bonchev–Trinajstić information content (AvgIpc) is 2.30. The molecule has 0 bridgehead atoms. The quantitative estimate of drug-likeness (QED) is 0.624. The van der Waals surface area contributed by atoms with Gasteiger partial charge in [0.2, 0.25) is 5.91 Å². The van der Waals surface area contributed by atoms with E-state index in [-0.39, 0.29) is 5.91 Å². The molecule has 16 heavy (non-hydrogen) atoms. The summed E-state index contributed by atoms with van der Waals surface area (Å²) in [4.78, 5) is 11.5. The van der Waals surface area contributed by atoms with E-state index < -0.39 is 0 Å². The number of hydrogen-bond acceptors (Lipinski definition) is 3. The van der Waals surface area contributed by atoms with E-state index in [0.29, 0.717) is 18.5 Å². The number of nitrogens with one attached hydrogen (secondary N) is 3. The molecule has 1 fully saturated rings. The molecule has 0 radical (unpaired) electrons. The zero-order valence-electron chi connectivity index (χ0n) is 10.5. The number of piperidine rings is 1. The van der Waals surface area contributed by atoms with Gasteiger partial charge in [0.25, 0.3) is 0 Å². The van der Waals surface area contributed by atoms with Gasteiger partial charge in [-0.25, -0.2) is 0 Å². The Morgan fingerprint density at radius 3 is 3.00 bits per heavy atom. The Morgan fingerprint density at radius 2 is 2.38 bits per heavy atom. The lowest BCUT2D eigenvalue weighted by Gasteiger charge is -2.23. The molecule has 0 saturated carbocycles. The van der Waals surface area contributed by atoms with Crippen molar-refractivity contribution in [3.8, 4) is 0 Å². The van der Waals surface area contributed by atoms with Crippen molar-refractivity contribution in [1.29, 1.82) is 0 Å². The lowest BCUT2D eigenvalue weighted by Crippen LogP contribution is -2.44. The van der Waals surface area contributed by atoms with Crippen molar-refractivity contribution in [2.24, 2.45) is 0 Å². The summed E-state index contributed by atoms with van der Waals surface area (Å²) in [6.45, 7) is 7.07. The summed E-state index contributed by atoms with van der Waals surface area (Å²) in [6, 6.07) is 0.842. The summed E-state index contributed by atoms with van der Waals surface area (Å²) in [7, 11) is 0. The minimum absolute atomic E-state index is 0.158. The van der Waals surface area contributed by atoms with Gasteiger partial charge in [0.1, 0.15) is 0 Å². The minimum atomic E-state index is 0.158. The van der Waals surface area contributed by atoms with Crippen LogP contribution in [0.3, 0.4) is 0 Å². The normalized spacial score (nSPS) is 22.8. The first-order valence-corrected chi connectivity index (χ1v) is 6.45. The van der Waals surface area contributed by atoms with Crippen molar-refractivity contribution >= 4 is 5.91 Å². The Bertz CT molecular complexity index is 202. The lowest BCUT2D eigenvalue weighted by atomic mass is 10.1. The maximum absolute atomic E-state index is 11.5. The molecule has 1 heterocycles. The Kier molecular flexibility index (Phi) is 6.42. The molecule has 1 aliphatic rings. The third-order valence-electron chi connectivity index (χ3n) is 3.10. The van der Waals surface area contributed by atoms with E-state index in [1.54, 1.807) is 0 Å². The van der Waals surface area contributed by atoms with Crippen LogP contribution in [0.5, 0.6) is 0 Å². The van der Waals surface area contributed by atoms with Crippen LogP contribution in [-0.4, -0.2) is 37.6 Å². The van der Waals surface area contributed by atoms with Gasteiger partial charge in [-0.1, -0.05) is 6.92 Å². The van der Waals surface area contributed by atoms with Gasteiger partial charge in [0, 0.05) is 31.6 Å². The molecule has 1 aliphatic heterocycles. The molecule has 4 heteroatoms. The Labute approximate surface area is 98.6 Å². The molecule has 0 spiro atoms. The summed E-state index contributed by atoms with van der Waals surface area (Å²) in [5.41, 5.74) is 0. The van der Waals surface area contributed by atoms with Crippen molar-refractivity contribution in [3.63, 3.8) is 0 Å². The van der Waals surface area contributed by atoms with Gasteiger partial charge in [0.15, 0.2) is 0 Å². The number of rotatable bonds is 6. The van der Waals surface area contributed by atoms with Crippen LogP contribution in [0.1, 0.15) is 39.5 Å². The van der Waals surface area contributed by atoms with E-state index in [1.807, 2.05) is 6.92 Å². The highest BCUT2D eigenvalue weighted by Crippen LogP contribution is 2.00. The first kappa shape index (κ1) is 13.5. The zero-order chi connectivity index (χ0) is 11.8. The standard InChI is InChI=1S/C12H25N3O/c1-3-10(2)15-12(16)6-8-14-11-5-4-7-13-9-11/h10-11,13-14H,3-9H2,1-2H3,(H,15,16). The van der Waals surface area contributed by atoms with Gasteiger partial charge in [-0.2, -0.15) is 0 Å². The molecule has 1 amide bonds. The smallest absolute Gasteiger partial charge is 0.221 e. The first-order chi connectivity index (χ1) is 7.72. The molecular formula is C12H25N3O. The second kappa shape index (κ2) is 7.63. The summed E-state index contributed by atoms with van der Waals surface area (Å²) >= 11 is 0. The van der Waals surface area contributed by atoms with Crippen LogP contribution in [0.4, 0.5) is 0 Å². The van der Waals surface area contributed by atoms with Gasteiger partial charge in [-0.3, -0.25) is 4.79 Å². The predicted molar refractivity (Wildman–Crippen MR) is 66.4 cm³/mol. The maximum Gasteiger partial charge on any atom is 0.221 e. The summed E-state index contributed by atoms with van der Waals surface area (Å²) < 4.78 is 0. The molecule has 1 rings (SSSR count). The predicted octanol–water partition coefficient (Wildman–Crippen LogP) is 0.633. The average molecular weight is 227 g/mol. The van der Waals surface area contributed by atoms with Crippen molar-refractivity contribution in [1.82, 2.24) is 16.0 Å². The highest BCUT2D eigenvalue weighted by atomic mass is 16.1. The molecule has 0 aromatic carbocycles. The molecule has 94 valence electrons. The Hall–Kier alpha value is -0.610. The monoisotopic (exact) mass is 227 g/mol. The van der Waals surface area contributed by atoms with Crippen molar-refractivity contribution < 1.29 is 4.79 Å². The SMILES string of the molecule is CCC(C)NC(=O)CCNC1CCCNC1. The highest BCUT2D eigenvalue weighted by Gasteiger charge is 2.12. The third-order valence-corrected chi connectivity index (χ3v) is 3.10. The van der Waals surface area contributed by atoms with E-state index in [0.717, 1.165) is 26.1 Å². The summed E-state index contributed by atoms with van der Waals surface area (Å²) in [5.74, 6) is 0.158. The first-order valence-electron chi connectivity index (χ1n) is 6.45. The van der Waals surface area contributed by atoms with E-state index >= 15 is 0 Å². The topological polar surface area (TPSA) is 53.2 Å². The largest absolute Gasteiger partial charge is 0.354 e. The Balaban J connectivity index is 2.03. The molecule has 3 N–H and O–H groups in total. The highest BCUT2D eigenvalue weighted by molar-refractivity contribution is 5.76. The molecule has 0 aliphatic carbocycles. The third kappa shape index (κ3) is 5.47. The van der Waals surface area contributed by atoms with Crippen molar-refractivity contribution in [3.05, 3.63) is 0 Å². The molecule has 0 aromatic heterocycles. The number of hydrogen-bond donors (Lipinski definition) is 3. The van der Waals surface area contributed by atoms with E-state index in [2.05, 4.69) is 22.9 Å². The maximum atomic E-state index is 11.5. The zero-order valence-corrected chi connectivity index (χ0v) is 10.5. The van der Waals surface area contributed by atoms with Crippen LogP contribution in [0.2, 0.25) is 0 Å². The molecule has 4 nitrogen and oxygen atoms in total. The lowest BCUT2D eigenvalue weighted by molar-refractivity contribution is -0.121. The molecule has 1 saturated heterocycles. The second-order valence-corrected chi connectivity index (χ2v) is 4.62. The van der Waals surface area contributed by atoms with Crippen molar-refractivity contribution in [2.45, 2.75) is 51.6 Å². The van der Waals surface area contributed by atoms with Gasteiger partial charge in [-0.05, 0) is 32.7 Å². The van der Waals surface area contributed by atoms with Crippen LogP contribution in [0.15, 0.2) is 0 Å². The fourth-order valence-electron chi connectivity index (χ4n) is 1.86. The summed E-state index contributed by atoms with van der Waals surface area (Å²) in [6.07, 6.45) is 4.03. The van der Waals surface area contributed by atoms with Crippen LogP contribution in [0, 0.1) is 0 Å². The van der Waals surface area contributed by atoms with Gasteiger partial charge < -0.3 is 16.0 Å². The summed E-state index contributed by atoms with van der Waals surface area (Å²) in [5, 5.41) is 9.74. The minimum Gasteiger partial charge on any atom is -0.354 e. The van der Waals surface area contributed by atoms with Crippen molar-refractivity contribution in [2.75, 3.05) is 19.6 Å². The van der Waals surface area contributed by atoms with Crippen LogP contribution >= 0.6 is 0 Å². The molecule has 2 unspecified atom stereocenters. The number of carbonyl (C=O) groups is 1. The van der Waals surface area contributed by atoms with Crippen LogP contribution in [0.25, 0.3) is 0 Å². The van der Waals surface area contributed by atoms with E-state index in [1.165, 1.54) is 12.8 Å². The van der Waals surface area contributed by atoms with Gasteiger partial charge in [0.05, 0.1) is 0 Å². The Morgan fingerprint density at radius 1 is 1.56 bits per heavy atom. The molecular weight excluding hydrogens is 202 g/mol. The van der Waals surface area contributed by atoms with E-state index in [9.17, 15) is 4.79 Å². The van der Waals surface area contributed by atoms with Gasteiger partial charge >= 0.3 is 0 Å². The van der Waals surface area contributed by atoms with Crippen LogP contribution < -0.4 is 16.0 Å². The van der Waals surface area contributed by atoms with Gasteiger partial charge in [-0.15, -0.1) is 0 Å². The van der Waals surface area contributed by atoms with E-state index in [4.69, 9.17) is 0 Å². The number of amides is 1.